The number of nitriles is 1. The number of nitrogens with two attached hydrogens (primary N) is 1. The van der Waals surface area contributed by atoms with Crippen molar-refractivity contribution < 1.29 is 13.5 Å². The summed E-state index contributed by atoms with van der Waals surface area (Å²) in [4.78, 5) is 10.6. The second kappa shape index (κ2) is 8.92. The van der Waals surface area contributed by atoms with E-state index in [9.17, 15) is 9.65 Å². The van der Waals surface area contributed by atoms with Crippen molar-refractivity contribution in [3.8, 4) is 23.1 Å². The minimum absolute atomic E-state index is 0.00856. The topological polar surface area (TPSA) is 100 Å². The highest BCUT2D eigenvalue weighted by Crippen LogP contribution is 2.45. The number of benzene rings is 2. The number of nitrogens with zero attached hydrogens (tertiary/aromatic N) is 4. The van der Waals surface area contributed by atoms with Gasteiger partial charge >= 0.3 is 0 Å². The molecule has 0 bridgehead atoms. The fraction of sp³-hybridized carbons (Fsp3) is 0.208. The SMILES string of the molecule is C=COc1nc2c(F)c(-c3ccc(F)c4sc(N)nc34)c(Cl)cc2c(N2CCNC[C@@H]2C)c1C#N. The Morgan fingerprint density at radius 1 is 1.37 bits per heavy atom. The number of ether oxygens (including phenoxy) is 1. The van der Waals surface area contributed by atoms with Crippen LogP contribution in [0.1, 0.15) is 12.5 Å². The molecule has 7 nitrogen and oxygen atoms in total. The Morgan fingerprint density at radius 2 is 2.17 bits per heavy atom. The Hall–Kier alpha value is -3.52. The van der Waals surface area contributed by atoms with Crippen molar-refractivity contribution in [3.63, 3.8) is 0 Å². The Labute approximate surface area is 208 Å². The molecule has 3 N–H and O–H groups in total. The number of rotatable bonds is 4. The molecular formula is C24H19ClF2N6OS. The number of aromatic nitrogens is 2. The maximum Gasteiger partial charge on any atom is 0.239 e. The van der Waals surface area contributed by atoms with Crippen LogP contribution in [0.3, 0.4) is 0 Å². The van der Waals surface area contributed by atoms with Crippen LogP contribution in [0.15, 0.2) is 31.0 Å². The average molecular weight is 513 g/mol. The number of hydrogen-bond donors (Lipinski definition) is 2. The standard InChI is InChI=1S/C24H19ClF2N6OS/c1-3-34-23-14(9-28)21(33-7-6-30-10-11(33)2)13-8-15(25)17(18(27)19(13)31-23)12-4-5-16(26)22-20(12)32-24(29)35-22/h3-5,8,11,30H,1,6-7,10H2,2H3,(H2,29,32)/t11-/m0/s1. The van der Waals surface area contributed by atoms with Crippen molar-refractivity contribution in [1.29, 1.82) is 5.26 Å². The van der Waals surface area contributed by atoms with E-state index in [1.54, 1.807) is 6.07 Å². The van der Waals surface area contributed by atoms with Crippen molar-refractivity contribution in [2.45, 2.75) is 13.0 Å². The summed E-state index contributed by atoms with van der Waals surface area (Å²) in [5.74, 6) is -1.32. The lowest BCUT2D eigenvalue weighted by Gasteiger charge is -2.37. The van der Waals surface area contributed by atoms with Gasteiger partial charge in [0.2, 0.25) is 5.88 Å². The zero-order valence-electron chi connectivity index (χ0n) is 18.5. The fourth-order valence-corrected chi connectivity index (χ4v) is 5.53. The summed E-state index contributed by atoms with van der Waals surface area (Å²) in [6, 6.07) is 6.38. The lowest BCUT2D eigenvalue weighted by Crippen LogP contribution is -2.50. The van der Waals surface area contributed by atoms with Gasteiger partial charge in [-0.1, -0.05) is 29.5 Å². The van der Waals surface area contributed by atoms with Crippen LogP contribution < -0.4 is 20.7 Å². The Balaban J connectivity index is 1.87. The zero-order chi connectivity index (χ0) is 24.9. The summed E-state index contributed by atoms with van der Waals surface area (Å²) in [5.41, 5.74) is 6.91. The number of fused-ring (bicyclic) bond motifs is 2. The molecule has 11 heteroatoms. The molecule has 3 heterocycles. The molecule has 2 aromatic heterocycles. The van der Waals surface area contributed by atoms with E-state index in [-0.39, 0.29) is 54.5 Å². The lowest BCUT2D eigenvalue weighted by atomic mass is 9.98. The first-order valence-electron chi connectivity index (χ1n) is 10.7. The quantitative estimate of drug-likeness (QED) is 0.362. The lowest BCUT2D eigenvalue weighted by molar-refractivity contribution is 0.460. The first kappa shape index (κ1) is 23.2. The number of pyridine rings is 1. The largest absolute Gasteiger partial charge is 0.446 e. The smallest absolute Gasteiger partial charge is 0.239 e. The molecule has 1 aliphatic rings. The molecular weight excluding hydrogens is 494 g/mol. The van der Waals surface area contributed by atoms with Gasteiger partial charge in [-0.2, -0.15) is 5.26 Å². The third-order valence-corrected chi connectivity index (χ3v) is 7.18. The highest BCUT2D eigenvalue weighted by atomic mass is 35.5. The molecule has 0 radical (unpaired) electrons. The van der Waals surface area contributed by atoms with Gasteiger partial charge in [-0.15, -0.1) is 0 Å². The summed E-state index contributed by atoms with van der Waals surface area (Å²) in [7, 11) is 0. The van der Waals surface area contributed by atoms with E-state index in [0.29, 0.717) is 30.7 Å². The number of halogens is 3. The molecule has 0 unspecified atom stereocenters. The van der Waals surface area contributed by atoms with Crippen LogP contribution in [0, 0.1) is 23.0 Å². The summed E-state index contributed by atoms with van der Waals surface area (Å²) in [5, 5.41) is 13.9. The molecule has 4 aromatic rings. The van der Waals surface area contributed by atoms with Gasteiger partial charge in [0, 0.05) is 42.2 Å². The van der Waals surface area contributed by atoms with Crippen LogP contribution in [-0.4, -0.2) is 35.6 Å². The van der Waals surface area contributed by atoms with Crippen LogP contribution in [0.4, 0.5) is 19.6 Å². The van der Waals surface area contributed by atoms with Crippen molar-refractivity contribution in [2.75, 3.05) is 30.3 Å². The average Bonchev–Trinajstić information content (AvgIpc) is 3.23. The van der Waals surface area contributed by atoms with E-state index in [0.717, 1.165) is 17.6 Å². The van der Waals surface area contributed by atoms with Gasteiger partial charge < -0.3 is 20.7 Å². The minimum Gasteiger partial charge on any atom is -0.446 e. The van der Waals surface area contributed by atoms with Crippen LogP contribution in [0.2, 0.25) is 5.02 Å². The molecule has 0 spiro atoms. The predicted octanol–water partition coefficient (Wildman–Crippen LogP) is 5.22. The van der Waals surface area contributed by atoms with Gasteiger partial charge in [-0.05, 0) is 25.1 Å². The number of thiazole rings is 1. The molecule has 1 fully saturated rings. The molecule has 5 rings (SSSR count). The number of piperazine rings is 1. The second-order valence-corrected chi connectivity index (χ2v) is 9.49. The fourth-order valence-electron chi connectivity index (χ4n) is 4.47. The van der Waals surface area contributed by atoms with E-state index < -0.39 is 11.6 Å². The summed E-state index contributed by atoms with van der Waals surface area (Å²) < 4.78 is 36.3. The molecule has 0 saturated carbocycles. The molecule has 35 heavy (non-hydrogen) atoms. The molecule has 1 saturated heterocycles. The number of nitrogen functional groups attached to an aromatic ring is 1. The highest BCUT2D eigenvalue weighted by molar-refractivity contribution is 7.22. The molecule has 1 atom stereocenters. The van der Waals surface area contributed by atoms with E-state index in [1.165, 1.54) is 12.1 Å². The van der Waals surface area contributed by atoms with Crippen LogP contribution >= 0.6 is 22.9 Å². The highest BCUT2D eigenvalue weighted by Gasteiger charge is 2.29. The molecule has 1 aliphatic heterocycles. The molecule has 0 aliphatic carbocycles. The zero-order valence-corrected chi connectivity index (χ0v) is 20.1. The molecule has 2 aromatic carbocycles. The molecule has 178 valence electrons. The van der Waals surface area contributed by atoms with E-state index in [2.05, 4.69) is 27.9 Å². The number of anilines is 2. The van der Waals surface area contributed by atoms with Gasteiger partial charge in [0.15, 0.2) is 10.9 Å². The third kappa shape index (κ3) is 3.72. The normalized spacial score (nSPS) is 16.0. The summed E-state index contributed by atoms with van der Waals surface area (Å²) >= 11 is 7.62. The molecule has 0 amide bonds. The first-order valence-corrected chi connectivity index (χ1v) is 11.9. The van der Waals surface area contributed by atoms with Crippen LogP contribution in [0.5, 0.6) is 5.88 Å². The second-order valence-electron chi connectivity index (χ2n) is 8.05. The first-order chi connectivity index (χ1) is 16.8. The van der Waals surface area contributed by atoms with Crippen molar-refractivity contribution in [2.24, 2.45) is 0 Å². The minimum atomic E-state index is -0.741. The van der Waals surface area contributed by atoms with Crippen molar-refractivity contribution in [1.82, 2.24) is 15.3 Å². The van der Waals surface area contributed by atoms with Crippen molar-refractivity contribution >= 4 is 54.9 Å². The van der Waals surface area contributed by atoms with Gasteiger partial charge in [-0.25, -0.2) is 18.7 Å². The number of nitrogens with one attached hydrogen (secondary N) is 1. The number of hydrogen-bond acceptors (Lipinski definition) is 8. The van der Waals surface area contributed by atoms with Gasteiger partial charge in [0.05, 0.1) is 27.2 Å². The maximum atomic E-state index is 16.3. The van der Waals surface area contributed by atoms with E-state index in [1.807, 2.05) is 11.8 Å². The van der Waals surface area contributed by atoms with E-state index >= 15 is 4.39 Å². The Morgan fingerprint density at radius 3 is 2.89 bits per heavy atom. The van der Waals surface area contributed by atoms with Gasteiger partial charge in [0.1, 0.15) is 23.0 Å². The van der Waals surface area contributed by atoms with Gasteiger partial charge in [-0.3, -0.25) is 0 Å². The summed E-state index contributed by atoms with van der Waals surface area (Å²) in [6.07, 6.45) is 1.14. The van der Waals surface area contributed by atoms with Crippen LogP contribution in [-0.2, 0) is 0 Å². The Bertz CT molecular complexity index is 1550. The monoisotopic (exact) mass is 512 g/mol. The third-order valence-electron chi connectivity index (χ3n) is 5.99. The summed E-state index contributed by atoms with van der Waals surface area (Å²) in [6.45, 7) is 7.50. The van der Waals surface area contributed by atoms with Crippen molar-refractivity contribution in [3.05, 3.63) is 53.3 Å². The predicted molar refractivity (Wildman–Crippen MR) is 135 cm³/mol. The maximum absolute atomic E-state index is 16.3. The van der Waals surface area contributed by atoms with Gasteiger partial charge in [0.25, 0.3) is 0 Å². The van der Waals surface area contributed by atoms with Crippen LogP contribution in [0.25, 0.3) is 32.2 Å². The Kier molecular flexibility index (Phi) is 5.92. The van der Waals surface area contributed by atoms with E-state index in [4.69, 9.17) is 22.1 Å².